The molecular formula is C27H26Cl2N8O4. The average molecular weight is 597 g/mol. The first-order chi connectivity index (χ1) is 19.8. The molecule has 0 saturated carbocycles. The van der Waals surface area contributed by atoms with E-state index < -0.39 is 17.9 Å². The van der Waals surface area contributed by atoms with Crippen molar-refractivity contribution in [1.82, 2.24) is 30.6 Å². The molecule has 3 heterocycles. The van der Waals surface area contributed by atoms with Crippen molar-refractivity contribution in [2.24, 2.45) is 4.99 Å². The van der Waals surface area contributed by atoms with Crippen molar-refractivity contribution in [2.45, 2.75) is 31.8 Å². The zero-order chi connectivity index (χ0) is 29.1. The molecule has 2 amide bonds. The number of rotatable bonds is 6. The Morgan fingerprint density at radius 1 is 1.17 bits per heavy atom. The molecule has 5 rings (SSSR count). The van der Waals surface area contributed by atoms with Crippen molar-refractivity contribution in [1.29, 1.82) is 5.26 Å². The summed E-state index contributed by atoms with van der Waals surface area (Å²) in [5.41, 5.74) is 2.61. The monoisotopic (exact) mass is 596 g/mol. The van der Waals surface area contributed by atoms with Crippen molar-refractivity contribution in [2.75, 3.05) is 26.2 Å². The van der Waals surface area contributed by atoms with E-state index in [1.165, 1.54) is 0 Å². The van der Waals surface area contributed by atoms with E-state index in [1.54, 1.807) is 29.3 Å². The molecule has 1 atom stereocenters. The molecule has 3 aromatic rings. The van der Waals surface area contributed by atoms with Gasteiger partial charge in [-0.15, -0.1) is 0 Å². The van der Waals surface area contributed by atoms with E-state index >= 15 is 0 Å². The number of nitriles is 1. The molecule has 212 valence electrons. The second-order valence-electron chi connectivity index (χ2n) is 9.79. The molecule has 2 aliphatic heterocycles. The van der Waals surface area contributed by atoms with Crippen LogP contribution in [0.5, 0.6) is 0 Å². The summed E-state index contributed by atoms with van der Waals surface area (Å²) >= 11 is 13.1. The average Bonchev–Trinajstić information content (AvgIpc) is 3.66. The van der Waals surface area contributed by atoms with Crippen molar-refractivity contribution in [3.8, 4) is 6.19 Å². The minimum absolute atomic E-state index is 0.0379. The number of H-pyrrole nitrogens is 1. The van der Waals surface area contributed by atoms with Gasteiger partial charge >= 0.3 is 5.97 Å². The Morgan fingerprint density at radius 2 is 1.95 bits per heavy atom. The highest BCUT2D eigenvalue weighted by Gasteiger charge is 2.30. The number of hydrogen-bond acceptors (Lipinski definition) is 6. The SMILES string of the molecule is N#CNC(=NC[C@H](NC(=O)c1c(Cl)cc2c(c1Cl)CCN(C(=O)c1ccc3cn[nH]c3c1)C2)C(=O)O)N1CCCC1. The molecule has 0 radical (unpaired) electrons. The van der Waals surface area contributed by atoms with E-state index in [4.69, 9.17) is 28.5 Å². The van der Waals surface area contributed by atoms with Crippen LogP contribution in [0, 0.1) is 11.5 Å². The summed E-state index contributed by atoms with van der Waals surface area (Å²) in [5, 5.41) is 31.6. The molecule has 1 fully saturated rings. The van der Waals surface area contributed by atoms with E-state index in [1.807, 2.05) is 17.2 Å². The quantitative estimate of drug-likeness (QED) is 0.146. The highest BCUT2D eigenvalue weighted by molar-refractivity contribution is 6.40. The number of benzene rings is 2. The number of carbonyl (C=O) groups is 3. The summed E-state index contributed by atoms with van der Waals surface area (Å²) < 4.78 is 0. The zero-order valence-corrected chi connectivity index (χ0v) is 23.3. The summed E-state index contributed by atoms with van der Waals surface area (Å²) in [5.74, 6) is -1.95. The summed E-state index contributed by atoms with van der Waals surface area (Å²) in [6, 6.07) is 5.53. The molecule has 0 bridgehead atoms. The Balaban J connectivity index is 1.32. The van der Waals surface area contributed by atoms with E-state index in [2.05, 4.69) is 25.8 Å². The number of likely N-dealkylation sites (tertiary alicyclic amines) is 1. The van der Waals surface area contributed by atoms with Gasteiger partial charge in [-0.25, -0.2) is 9.79 Å². The third kappa shape index (κ3) is 5.91. The first-order valence-corrected chi connectivity index (χ1v) is 13.7. The number of carbonyl (C=O) groups excluding carboxylic acids is 2. The van der Waals surface area contributed by atoms with Crippen LogP contribution < -0.4 is 10.6 Å². The molecule has 0 unspecified atom stereocenters. The van der Waals surface area contributed by atoms with Crippen molar-refractivity contribution in [3.63, 3.8) is 0 Å². The van der Waals surface area contributed by atoms with Crippen LogP contribution >= 0.6 is 23.2 Å². The van der Waals surface area contributed by atoms with Crippen LogP contribution in [0.3, 0.4) is 0 Å². The first-order valence-electron chi connectivity index (χ1n) is 13.0. The minimum atomic E-state index is -1.39. The van der Waals surface area contributed by atoms with Crippen LogP contribution in [-0.4, -0.2) is 81.1 Å². The predicted octanol–water partition coefficient (Wildman–Crippen LogP) is 2.77. The van der Waals surface area contributed by atoms with Crippen LogP contribution in [0.15, 0.2) is 35.5 Å². The van der Waals surface area contributed by atoms with Crippen molar-refractivity contribution >= 4 is 57.8 Å². The lowest BCUT2D eigenvalue weighted by molar-refractivity contribution is -0.138. The Morgan fingerprint density at radius 3 is 2.68 bits per heavy atom. The molecule has 0 spiro atoms. The predicted molar refractivity (Wildman–Crippen MR) is 152 cm³/mol. The van der Waals surface area contributed by atoms with Gasteiger partial charge in [0.25, 0.3) is 11.8 Å². The standard InChI is InChI=1S/C27H26Cl2N8O4/c28-19-9-17-13-37(25(39)15-3-4-16-11-33-35-20(16)10-15)8-5-18(17)23(29)22(19)24(38)34-21(26(40)41)12-31-27(32-14-30)36-6-1-2-7-36/h3-4,9-11,21H,1-2,5-8,12-13H2,(H,31,32)(H,33,35)(H,34,38)(H,40,41)/t21-/m0/s1. The lowest BCUT2D eigenvalue weighted by Crippen LogP contribution is -2.45. The van der Waals surface area contributed by atoms with Crippen molar-refractivity contribution in [3.05, 3.63) is 62.8 Å². The number of amides is 2. The van der Waals surface area contributed by atoms with Crippen LogP contribution in [0.1, 0.15) is 44.7 Å². The Kier molecular flexibility index (Phi) is 8.28. The van der Waals surface area contributed by atoms with Gasteiger partial charge in [-0.05, 0) is 48.6 Å². The van der Waals surface area contributed by atoms with E-state index in [-0.39, 0.29) is 40.6 Å². The molecular weight excluding hydrogens is 571 g/mol. The number of nitrogens with one attached hydrogen (secondary N) is 3. The van der Waals surface area contributed by atoms with Gasteiger partial charge in [0.05, 0.1) is 33.9 Å². The van der Waals surface area contributed by atoms with Crippen LogP contribution in [0.25, 0.3) is 10.9 Å². The fourth-order valence-corrected chi connectivity index (χ4v) is 5.84. The minimum Gasteiger partial charge on any atom is -0.480 e. The lowest BCUT2D eigenvalue weighted by Gasteiger charge is -2.30. The highest BCUT2D eigenvalue weighted by atomic mass is 35.5. The molecule has 2 aromatic carbocycles. The summed E-state index contributed by atoms with van der Waals surface area (Å²) in [4.78, 5) is 46.1. The van der Waals surface area contributed by atoms with Gasteiger partial charge in [0.2, 0.25) is 5.96 Å². The summed E-state index contributed by atoms with van der Waals surface area (Å²) in [6.07, 6.45) is 5.76. The number of halogens is 2. The smallest absolute Gasteiger partial charge is 0.328 e. The number of nitrogens with zero attached hydrogens (tertiary/aromatic N) is 5. The molecule has 1 saturated heterocycles. The molecule has 1 aromatic heterocycles. The first kappa shape index (κ1) is 28.2. The third-order valence-corrected chi connectivity index (χ3v) is 7.92. The van der Waals surface area contributed by atoms with Gasteiger partial charge in [0.1, 0.15) is 6.04 Å². The van der Waals surface area contributed by atoms with Crippen LogP contribution in [0.2, 0.25) is 10.0 Å². The normalized spacial score (nSPS) is 15.8. The largest absolute Gasteiger partial charge is 0.480 e. The number of aromatic nitrogens is 2. The lowest BCUT2D eigenvalue weighted by atomic mass is 9.96. The van der Waals surface area contributed by atoms with E-state index in [9.17, 15) is 19.5 Å². The second kappa shape index (κ2) is 12.0. The number of hydrogen-bond donors (Lipinski definition) is 4. The van der Waals surface area contributed by atoms with Gasteiger partial charge in [-0.2, -0.15) is 10.4 Å². The number of aliphatic carboxylic acids is 1. The fraction of sp³-hybridized carbons (Fsp3) is 0.333. The highest BCUT2D eigenvalue weighted by Crippen LogP contribution is 2.35. The second-order valence-corrected chi connectivity index (χ2v) is 10.6. The Labute approximate surface area is 244 Å². The van der Waals surface area contributed by atoms with Crippen LogP contribution in [-0.2, 0) is 17.8 Å². The topological polar surface area (TPSA) is 167 Å². The van der Waals surface area contributed by atoms with Gasteiger partial charge in [0, 0.05) is 37.1 Å². The molecule has 41 heavy (non-hydrogen) atoms. The number of carboxylic acid groups (broad SMARTS) is 1. The molecule has 12 nitrogen and oxygen atoms in total. The molecule has 4 N–H and O–H groups in total. The number of aromatic amines is 1. The number of fused-ring (bicyclic) bond motifs is 2. The van der Waals surface area contributed by atoms with Gasteiger partial charge in [0.15, 0.2) is 6.19 Å². The molecule has 14 heteroatoms. The molecule has 0 aliphatic carbocycles. The number of aliphatic imine (C=N–C) groups is 1. The zero-order valence-electron chi connectivity index (χ0n) is 21.8. The number of carboxylic acids is 1. The maximum absolute atomic E-state index is 13.2. The Bertz CT molecular complexity index is 1590. The van der Waals surface area contributed by atoms with Gasteiger partial charge in [-0.1, -0.05) is 29.3 Å². The Hall–Kier alpha value is -4.34. The van der Waals surface area contributed by atoms with Crippen molar-refractivity contribution < 1.29 is 19.5 Å². The van der Waals surface area contributed by atoms with Gasteiger partial charge in [-0.3, -0.25) is 20.0 Å². The number of guanidine groups is 1. The maximum Gasteiger partial charge on any atom is 0.328 e. The summed E-state index contributed by atoms with van der Waals surface area (Å²) in [7, 11) is 0. The van der Waals surface area contributed by atoms with Gasteiger partial charge < -0.3 is 20.2 Å². The van der Waals surface area contributed by atoms with E-state index in [0.717, 1.165) is 23.7 Å². The maximum atomic E-state index is 13.2. The summed E-state index contributed by atoms with van der Waals surface area (Å²) in [6.45, 7) is 1.70. The third-order valence-electron chi connectivity index (χ3n) is 7.21. The molecule has 2 aliphatic rings. The fourth-order valence-electron chi connectivity index (χ4n) is 5.08. The van der Waals surface area contributed by atoms with Crippen LogP contribution in [0.4, 0.5) is 0 Å². The van der Waals surface area contributed by atoms with E-state index in [0.29, 0.717) is 42.7 Å².